The summed E-state index contributed by atoms with van der Waals surface area (Å²) in [6.07, 6.45) is 1.83. The zero-order valence-corrected chi connectivity index (χ0v) is 15.1. The van der Waals surface area contributed by atoms with Crippen LogP contribution in [0.2, 0.25) is 0 Å². The summed E-state index contributed by atoms with van der Waals surface area (Å²) in [6, 6.07) is 18.9. The summed E-state index contributed by atoms with van der Waals surface area (Å²) in [4.78, 5) is 20.6. The van der Waals surface area contributed by atoms with E-state index in [9.17, 15) is 9.59 Å². The Labute approximate surface area is 154 Å². The zero-order valence-electron chi connectivity index (χ0n) is 15.1. The lowest BCUT2D eigenvalue weighted by Crippen LogP contribution is -2.07. The lowest BCUT2D eigenvalue weighted by molar-refractivity contribution is -0.132. The number of benzene rings is 2. The molecule has 0 fully saturated rings. The Morgan fingerprint density at radius 1 is 0.885 bits per heavy atom. The van der Waals surface area contributed by atoms with Crippen molar-refractivity contribution in [3.05, 3.63) is 97.1 Å². The molecule has 136 valence electrons. The van der Waals surface area contributed by atoms with Crippen molar-refractivity contribution in [3.63, 3.8) is 0 Å². The van der Waals surface area contributed by atoms with Gasteiger partial charge in [-0.2, -0.15) is 0 Å². The molecule has 2 rings (SSSR count). The Bertz CT molecular complexity index is 719. The zero-order chi connectivity index (χ0) is 19.9. The molecule has 0 unspecified atom stereocenters. The summed E-state index contributed by atoms with van der Waals surface area (Å²) in [5, 5.41) is 7.89. The quantitative estimate of drug-likeness (QED) is 0.470. The number of hydrogen-bond acceptors (Lipinski definition) is 3. The summed E-state index contributed by atoms with van der Waals surface area (Å²) in [6.45, 7) is 13.3. The van der Waals surface area contributed by atoms with Gasteiger partial charge in [0.05, 0.1) is 0 Å². The smallest absolute Gasteiger partial charge is 0.338 e. The monoisotopic (exact) mass is 352 g/mol. The minimum absolute atomic E-state index is 0.176. The maximum atomic E-state index is 11.0. The van der Waals surface area contributed by atoms with E-state index in [1.807, 2.05) is 42.5 Å². The number of carbonyl (C=O) groups excluding carboxylic acids is 1. The van der Waals surface area contributed by atoms with Gasteiger partial charge in [-0.25, -0.2) is 9.59 Å². The van der Waals surface area contributed by atoms with E-state index >= 15 is 0 Å². The normalized spacial score (nSPS) is 8.54. The molecule has 2 aromatic rings. The lowest BCUT2D eigenvalue weighted by Gasteiger charge is -2.01. The van der Waals surface area contributed by atoms with Crippen LogP contribution >= 0.6 is 0 Å². The van der Waals surface area contributed by atoms with Crippen molar-refractivity contribution in [2.24, 2.45) is 0 Å². The summed E-state index contributed by atoms with van der Waals surface area (Å²) in [5.41, 5.74) is 1.75. The standard InChI is InChI=1S/C10H10O2.C8H8.C4H6O2/c1-8(2)10(11)12-9-6-4-3-5-7-9;1-2-8-6-4-3-5-7-8;1-3(2)4(5)6/h3-7H,1H2,2H3;2-7H,1H2;1H2,2H3,(H,5,6). The van der Waals surface area contributed by atoms with Gasteiger partial charge in [0.15, 0.2) is 0 Å². The van der Waals surface area contributed by atoms with Crippen molar-refractivity contribution in [3.8, 4) is 5.75 Å². The lowest BCUT2D eigenvalue weighted by atomic mass is 10.2. The molecule has 0 aliphatic rings. The highest BCUT2D eigenvalue weighted by Crippen LogP contribution is 2.09. The predicted molar refractivity (Wildman–Crippen MR) is 106 cm³/mol. The third kappa shape index (κ3) is 11.2. The van der Waals surface area contributed by atoms with E-state index in [1.54, 1.807) is 31.2 Å². The van der Waals surface area contributed by atoms with Gasteiger partial charge in [-0.15, -0.1) is 0 Å². The van der Waals surface area contributed by atoms with Crippen LogP contribution in [-0.2, 0) is 9.59 Å². The number of para-hydroxylation sites is 1. The van der Waals surface area contributed by atoms with Gasteiger partial charge >= 0.3 is 11.9 Å². The molecule has 0 radical (unpaired) electrons. The van der Waals surface area contributed by atoms with E-state index in [1.165, 1.54) is 12.5 Å². The molecule has 0 amide bonds. The summed E-state index contributed by atoms with van der Waals surface area (Å²) in [7, 11) is 0. The third-order valence-electron chi connectivity index (χ3n) is 2.70. The molecule has 0 atom stereocenters. The number of carboxylic acids is 1. The van der Waals surface area contributed by atoms with Crippen molar-refractivity contribution >= 4 is 18.0 Å². The van der Waals surface area contributed by atoms with Crippen LogP contribution < -0.4 is 4.74 Å². The molecular formula is C22H24O4. The Hall–Kier alpha value is -3.40. The van der Waals surface area contributed by atoms with E-state index in [4.69, 9.17) is 9.84 Å². The molecule has 1 N–H and O–H groups in total. The van der Waals surface area contributed by atoms with Gasteiger partial charge in [0.2, 0.25) is 0 Å². The number of rotatable bonds is 4. The molecule has 0 saturated carbocycles. The van der Waals surface area contributed by atoms with Gasteiger partial charge in [0.25, 0.3) is 0 Å². The molecule has 0 aromatic heterocycles. The van der Waals surface area contributed by atoms with Crippen molar-refractivity contribution in [2.75, 3.05) is 0 Å². The highest BCUT2D eigenvalue weighted by molar-refractivity contribution is 5.88. The molecule has 0 bridgehead atoms. The number of hydrogen-bond donors (Lipinski definition) is 1. The second-order valence-electron chi connectivity index (χ2n) is 5.18. The molecule has 0 aliphatic carbocycles. The van der Waals surface area contributed by atoms with Gasteiger partial charge in [0, 0.05) is 11.1 Å². The Morgan fingerprint density at radius 3 is 1.62 bits per heavy atom. The van der Waals surface area contributed by atoms with Crippen LogP contribution in [-0.4, -0.2) is 17.0 Å². The number of aliphatic carboxylic acids is 1. The van der Waals surface area contributed by atoms with Crippen LogP contribution in [0.3, 0.4) is 0 Å². The van der Waals surface area contributed by atoms with Crippen LogP contribution in [0.25, 0.3) is 6.08 Å². The first-order valence-corrected chi connectivity index (χ1v) is 7.77. The van der Waals surface area contributed by atoms with Crippen molar-refractivity contribution in [2.45, 2.75) is 13.8 Å². The Kier molecular flexibility index (Phi) is 11.3. The van der Waals surface area contributed by atoms with E-state index < -0.39 is 5.97 Å². The maximum absolute atomic E-state index is 11.0. The minimum atomic E-state index is -0.935. The average Bonchev–Trinajstić information content (AvgIpc) is 2.64. The summed E-state index contributed by atoms with van der Waals surface area (Å²) >= 11 is 0. The fraction of sp³-hybridized carbons (Fsp3) is 0.0909. The van der Waals surface area contributed by atoms with Crippen LogP contribution in [0, 0.1) is 0 Å². The first kappa shape index (κ1) is 22.6. The minimum Gasteiger partial charge on any atom is -0.478 e. The molecule has 0 saturated heterocycles. The third-order valence-corrected chi connectivity index (χ3v) is 2.70. The second-order valence-corrected chi connectivity index (χ2v) is 5.18. The van der Waals surface area contributed by atoms with Gasteiger partial charge < -0.3 is 9.84 Å². The van der Waals surface area contributed by atoms with Crippen molar-refractivity contribution < 1.29 is 19.4 Å². The number of carbonyl (C=O) groups is 2. The molecule has 2 aromatic carbocycles. The fourth-order valence-corrected chi connectivity index (χ4v) is 1.27. The molecule has 26 heavy (non-hydrogen) atoms. The van der Waals surface area contributed by atoms with Gasteiger partial charge in [-0.05, 0) is 31.5 Å². The summed E-state index contributed by atoms with van der Waals surface area (Å²) < 4.78 is 4.94. The highest BCUT2D eigenvalue weighted by Gasteiger charge is 2.03. The first-order chi connectivity index (χ1) is 12.3. The first-order valence-electron chi connectivity index (χ1n) is 7.77. The molecule has 0 spiro atoms. The Morgan fingerprint density at radius 2 is 1.31 bits per heavy atom. The van der Waals surface area contributed by atoms with Crippen molar-refractivity contribution in [1.29, 1.82) is 0 Å². The van der Waals surface area contributed by atoms with Gasteiger partial charge in [-0.3, -0.25) is 0 Å². The highest BCUT2D eigenvalue weighted by atomic mass is 16.5. The van der Waals surface area contributed by atoms with E-state index in [0.29, 0.717) is 11.3 Å². The van der Waals surface area contributed by atoms with E-state index in [2.05, 4.69) is 19.7 Å². The van der Waals surface area contributed by atoms with Crippen LogP contribution in [0.15, 0.2) is 91.5 Å². The molecule has 4 heteroatoms. The topological polar surface area (TPSA) is 63.6 Å². The maximum Gasteiger partial charge on any atom is 0.338 e. The number of esters is 1. The number of ether oxygens (including phenoxy) is 1. The average molecular weight is 352 g/mol. The van der Waals surface area contributed by atoms with Gasteiger partial charge in [0.1, 0.15) is 5.75 Å². The van der Waals surface area contributed by atoms with Crippen molar-refractivity contribution in [1.82, 2.24) is 0 Å². The fourth-order valence-electron chi connectivity index (χ4n) is 1.27. The SMILES string of the molecule is C=C(C)C(=O)O.C=C(C)C(=O)Oc1ccccc1.C=Cc1ccccc1. The second kappa shape index (κ2) is 13.0. The number of carboxylic acid groups (broad SMARTS) is 1. The summed E-state index contributed by atoms with van der Waals surface area (Å²) in [5.74, 6) is -0.776. The largest absolute Gasteiger partial charge is 0.478 e. The molecule has 0 aliphatic heterocycles. The van der Waals surface area contributed by atoms with Gasteiger partial charge in [-0.1, -0.05) is 74.3 Å². The predicted octanol–water partition coefficient (Wildman–Crippen LogP) is 5.14. The molecular weight excluding hydrogens is 328 g/mol. The Balaban J connectivity index is 0.000000388. The van der Waals surface area contributed by atoms with Crippen LogP contribution in [0.1, 0.15) is 19.4 Å². The van der Waals surface area contributed by atoms with E-state index in [0.717, 1.165) is 0 Å². The molecule has 4 nitrogen and oxygen atoms in total. The molecule has 0 heterocycles. The van der Waals surface area contributed by atoms with Crippen LogP contribution in [0.5, 0.6) is 5.75 Å². The van der Waals surface area contributed by atoms with E-state index in [-0.39, 0.29) is 11.5 Å². The van der Waals surface area contributed by atoms with Crippen LogP contribution in [0.4, 0.5) is 0 Å².